The number of para-hydroxylation sites is 1. The fourth-order valence-corrected chi connectivity index (χ4v) is 1.74. The third kappa shape index (κ3) is 2.97. The molecule has 0 spiro atoms. The summed E-state index contributed by atoms with van der Waals surface area (Å²) in [5.41, 5.74) is 5.97. The SMILES string of the molecule is CCOc1cccc(Oc2cccc(N)c2)c1[N+](=O)[O-]. The molecule has 0 heterocycles. The molecule has 6 nitrogen and oxygen atoms in total. The van der Waals surface area contributed by atoms with Gasteiger partial charge in [0.15, 0.2) is 0 Å². The summed E-state index contributed by atoms with van der Waals surface area (Å²) in [4.78, 5) is 10.7. The van der Waals surface area contributed by atoms with Gasteiger partial charge in [-0.05, 0) is 31.2 Å². The lowest BCUT2D eigenvalue weighted by Crippen LogP contribution is -1.99. The van der Waals surface area contributed by atoms with Crippen LogP contribution in [-0.4, -0.2) is 11.5 Å². The van der Waals surface area contributed by atoms with Gasteiger partial charge in [0.1, 0.15) is 5.75 Å². The third-order valence-corrected chi connectivity index (χ3v) is 2.53. The van der Waals surface area contributed by atoms with Gasteiger partial charge in [-0.1, -0.05) is 12.1 Å². The van der Waals surface area contributed by atoms with Gasteiger partial charge in [0, 0.05) is 11.8 Å². The van der Waals surface area contributed by atoms with Gasteiger partial charge in [0.05, 0.1) is 11.5 Å². The van der Waals surface area contributed by atoms with Crippen LogP contribution in [0, 0.1) is 10.1 Å². The van der Waals surface area contributed by atoms with Gasteiger partial charge in [-0.2, -0.15) is 0 Å². The van der Waals surface area contributed by atoms with Crippen LogP contribution in [0.4, 0.5) is 11.4 Å². The normalized spacial score (nSPS) is 10.1. The molecule has 0 radical (unpaired) electrons. The van der Waals surface area contributed by atoms with Crippen molar-refractivity contribution in [3.8, 4) is 17.2 Å². The Morgan fingerprint density at radius 2 is 1.90 bits per heavy atom. The van der Waals surface area contributed by atoms with Crippen molar-refractivity contribution >= 4 is 11.4 Å². The lowest BCUT2D eigenvalue weighted by molar-refractivity contribution is -0.386. The van der Waals surface area contributed by atoms with E-state index in [1.54, 1.807) is 37.3 Å². The van der Waals surface area contributed by atoms with E-state index < -0.39 is 4.92 Å². The predicted molar refractivity (Wildman–Crippen MR) is 75.2 cm³/mol. The molecule has 6 heteroatoms. The van der Waals surface area contributed by atoms with Gasteiger partial charge in [-0.15, -0.1) is 0 Å². The Morgan fingerprint density at radius 1 is 1.20 bits per heavy atom. The van der Waals surface area contributed by atoms with Crippen LogP contribution >= 0.6 is 0 Å². The van der Waals surface area contributed by atoms with E-state index in [2.05, 4.69) is 0 Å². The summed E-state index contributed by atoms with van der Waals surface area (Å²) in [5.74, 6) is 0.729. The number of ether oxygens (including phenoxy) is 2. The first-order chi connectivity index (χ1) is 9.61. The van der Waals surface area contributed by atoms with E-state index in [4.69, 9.17) is 15.2 Å². The molecule has 0 amide bonds. The minimum absolute atomic E-state index is 0.117. The Hall–Kier alpha value is -2.76. The molecule has 0 saturated heterocycles. The number of nitrogen functional groups attached to an aromatic ring is 1. The molecule has 0 bridgehead atoms. The Morgan fingerprint density at radius 3 is 2.55 bits per heavy atom. The van der Waals surface area contributed by atoms with Gasteiger partial charge in [0.25, 0.3) is 0 Å². The fourth-order valence-electron chi connectivity index (χ4n) is 1.74. The van der Waals surface area contributed by atoms with Crippen molar-refractivity contribution in [3.63, 3.8) is 0 Å². The number of hydrogen-bond donors (Lipinski definition) is 1. The molecule has 0 aromatic heterocycles. The zero-order valence-electron chi connectivity index (χ0n) is 10.9. The summed E-state index contributed by atoms with van der Waals surface area (Å²) < 4.78 is 10.8. The van der Waals surface area contributed by atoms with Gasteiger partial charge in [0.2, 0.25) is 11.5 Å². The molecule has 2 N–H and O–H groups in total. The van der Waals surface area contributed by atoms with E-state index >= 15 is 0 Å². The predicted octanol–water partition coefficient (Wildman–Crippen LogP) is 3.37. The highest BCUT2D eigenvalue weighted by Crippen LogP contribution is 2.39. The quantitative estimate of drug-likeness (QED) is 0.513. The molecule has 0 aliphatic heterocycles. The van der Waals surface area contributed by atoms with Crippen LogP contribution in [0.5, 0.6) is 17.2 Å². The molecule has 2 aromatic carbocycles. The average Bonchev–Trinajstić information content (AvgIpc) is 2.39. The molecular weight excluding hydrogens is 260 g/mol. The maximum absolute atomic E-state index is 11.2. The van der Waals surface area contributed by atoms with Crippen molar-refractivity contribution in [1.82, 2.24) is 0 Å². The van der Waals surface area contributed by atoms with E-state index in [0.29, 0.717) is 18.0 Å². The molecule has 0 atom stereocenters. The number of hydrogen-bond acceptors (Lipinski definition) is 5. The summed E-state index contributed by atoms with van der Waals surface area (Å²) in [6, 6.07) is 11.4. The Labute approximate surface area is 115 Å². The Balaban J connectivity index is 2.40. The summed E-state index contributed by atoms with van der Waals surface area (Å²) in [5, 5.41) is 11.2. The first kappa shape index (κ1) is 13.7. The van der Waals surface area contributed by atoms with Crippen molar-refractivity contribution < 1.29 is 14.4 Å². The molecule has 0 aliphatic rings. The molecular formula is C14H14N2O4. The summed E-state index contributed by atoms with van der Waals surface area (Å²) in [6.07, 6.45) is 0. The fraction of sp³-hybridized carbons (Fsp3) is 0.143. The van der Waals surface area contributed by atoms with Crippen molar-refractivity contribution in [2.24, 2.45) is 0 Å². The van der Waals surface area contributed by atoms with Crippen LogP contribution in [0.3, 0.4) is 0 Å². The molecule has 0 aliphatic carbocycles. The largest absolute Gasteiger partial charge is 0.487 e. The first-order valence-electron chi connectivity index (χ1n) is 6.05. The van der Waals surface area contributed by atoms with Crippen LogP contribution in [0.1, 0.15) is 6.92 Å². The zero-order chi connectivity index (χ0) is 14.5. The van der Waals surface area contributed by atoms with Crippen LogP contribution in [0.2, 0.25) is 0 Å². The van der Waals surface area contributed by atoms with E-state index in [1.165, 1.54) is 12.1 Å². The van der Waals surface area contributed by atoms with Gasteiger partial charge in [-0.25, -0.2) is 0 Å². The number of anilines is 1. The molecule has 104 valence electrons. The van der Waals surface area contributed by atoms with E-state index in [0.717, 1.165) is 0 Å². The second-order valence-electron chi connectivity index (χ2n) is 3.97. The van der Waals surface area contributed by atoms with Gasteiger partial charge in [-0.3, -0.25) is 10.1 Å². The lowest BCUT2D eigenvalue weighted by atomic mass is 10.2. The number of nitro benzene ring substituents is 1. The highest BCUT2D eigenvalue weighted by atomic mass is 16.6. The van der Waals surface area contributed by atoms with Gasteiger partial charge < -0.3 is 15.2 Å². The van der Waals surface area contributed by atoms with Crippen LogP contribution in [0.25, 0.3) is 0 Å². The van der Waals surface area contributed by atoms with E-state index in [-0.39, 0.29) is 17.2 Å². The molecule has 0 fully saturated rings. The van der Waals surface area contributed by atoms with Crippen molar-refractivity contribution in [2.75, 3.05) is 12.3 Å². The van der Waals surface area contributed by atoms with Crippen LogP contribution in [0.15, 0.2) is 42.5 Å². The molecule has 0 unspecified atom stereocenters. The highest BCUT2D eigenvalue weighted by Gasteiger charge is 2.22. The number of nitro groups is 1. The molecule has 2 aromatic rings. The topological polar surface area (TPSA) is 87.6 Å². The third-order valence-electron chi connectivity index (χ3n) is 2.53. The number of nitrogens with two attached hydrogens (primary N) is 1. The Bertz CT molecular complexity index is 628. The van der Waals surface area contributed by atoms with E-state index in [9.17, 15) is 10.1 Å². The molecule has 0 saturated carbocycles. The smallest absolute Gasteiger partial charge is 0.352 e. The minimum atomic E-state index is -0.521. The summed E-state index contributed by atoms with van der Waals surface area (Å²) in [7, 11) is 0. The number of rotatable bonds is 5. The van der Waals surface area contributed by atoms with Crippen molar-refractivity contribution in [2.45, 2.75) is 6.92 Å². The highest BCUT2D eigenvalue weighted by molar-refractivity contribution is 5.58. The van der Waals surface area contributed by atoms with Crippen LogP contribution in [-0.2, 0) is 0 Å². The second kappa shape index (κ2) is 5.92. The number of benzene rings is 2. The second-order valence-corrected chi connectivity index (χ2v) is 3.97. The molecule has 20 heavy (non-hydrogen) atoms. The Kier molecular flexibility index (Phi) is 4.05. The summed E-state index contributed by atoms with van der Waals surface area (Å²) >= 11 is 0. The van der Waals surface area contributed by atoms with Gasteiger partial charge >= 0.3 is 5.69 Å². The standard InChI is InChI=1S/C14H14N2O4/c1-2-19-12-7-4-8-13(14(12)16(17)18)20-11-6-3-5-10(15)9-11/h3-9H,2,15H2,1H3. The number of nitrogens with zero attached hydrogens (tertiary/aromatic N) is 1. The maximum atomic E-state index is 11.2. The van der Waals surface area contributed by atoms with Crippen molar-refractivity contribution in [3.05, 3.63) is 52.6 Å². The molecule has 2 rings (SSSR count). The van der Waals surface area contributed by atoms with Crippen molar-refractivity contribution in [1.29, 1.82) is 0 Å². The van der Waals surface area contributed by atoms with Crippen LogP contribution < -0.4 is 15.2 Å². The first-order valence-corrected chi connectivity index (χ1v) is 6.05. The minimum Gasteiger partial charge on any atom is -0.487 e. The monoisotopic (exact) mass is 274 g/mol. The lowest BCUT2D eigenvalue weighted by Gasteiger charge is -2.09. The zero-order valence-corrected chi connectivity index (χ0v) is 10.9. The maximum Gasteiger partial charge on any atom is 0.352 e. The average molecular weight is 274 g/mol. The summed E-state index contributed by atoms with van der Waals surface area (Å²) in [6.45, 7) is 2.09. The van der Waals surface area contributed by atoms with E-state index in [1.807, 2.05) is 0 Å².